The van der Waals surface area contributed by atoms with Gasteiger partial charge in [-0.15, -0.1) is 16.4 Å². The summed E-state index contributed by atoms with van der Waals surface area (Å²) in [5.41, 5.74) is 10.3. The van der Waals surface area contributed by atoms with Crippen molar-refractivity contribution in [2.75, 3.05) is 13.2 Å². The van der Waals surface area contributed by atoms with Gasteiger partial charge in [-0.1, -0.05) is 62.6 Å². The van der Waals surface area contributed by atoms with Crippen LogP contribution >= 0.6 is 0 Å². The number of amides is 2. The second kappa shape index (κ2) is 16.8. The number of hydrogen-bond acceptors (Lipinski definition) is 6. The molecular weight excluding hydrogens is 662 g/mol. The van der Waals surface area contributed by atoms with Gasteiger partial charge in [0, 0.05) is 43.7 Å². The second-order valence-corrected chi connectivity index (χ2v) is 11.6. The molecule has 0 atom stereocenters. The Morgan fingerprint density at radius 3 is 1.90 bits per heavy atom. The molecule has 0 saturated carbocycles. The predicted octanol–water partition coefficient (Wildman–Crippen LogP) is 4.88. The van der Waals surface area contributed by atoms with E-state index in [0.717, 1.165) is 68.3 Å². The van der Waals surface area contributed by atoms with Gasteiger partial charge < -0.3 is 29.6 Å². The summed E-state index contributed by atoms with van der Waals surface area (Å²) in [5.74, 6) is -1.34. The van der Waals surface area contributed by atoms with Gasteiger partial charge in [0.2, 0.25) is 0 Å². The van der Waals surface area contributed by atoms with Crippen molar-refractivity contribution in [3.63, 3.8) is 0 Å². The van der Waals surface area contributed by atoms with Crippen LogP contribution in [0.25, 0.3) is 23.5 Å². The monoisotopic (exact) mass is 704 g/mol. The molecule has 0 unspecified atom stereocenters. The molecule has 11 heteroatoms. The Morgan fingerprint density at radius 1 is 0.729 bits per heavy atom. The van der Waals surface area contributed by atoms with Crippen LogP contribution in [-0.4, -0.2) is 47.7 Å². The molecule has 0 fully saturated rings. The Bertz CT molecular complexity index is 1870. The van der Waals surface area contributed by atoms with E-state index in [0.29, 0.717) is 48.2 Å². The zero-order valence-electron chi connectivity index (χ0n) is 29.4. The third-order valence-corrected chi connectivity index (χ3v) is 8.71. The van der Waals surface area contributed by atoms with E-state index in [-0.39, 0.29) is 56.4 Å². The first-order valence-electron chi connectivity index (χ1n) is 16.3. The number of carbonyl (C=O) groups is 4. The van der Waals surface area contributed by atoms with E-state index in [1.54, 1.807) is 0 Å². The molecule has 2 aromatic rings. The Labute approximate surface area is 294 Å². The summed E-state index contributed by atoms with van der Waals surface area (Å²) >= 11 is 0. The molecule has 10 nitrogen and oxygen atoms in total. The minimum atomic E-state index is -0.380. The Morgan fingerprint density at radius 2 is 1.33 bits per heavy atom. The third-order valence-electron chi connectivity index (χ3n) is 8.71. The van der Waals surface area contributed by atoms with Gasteiger partial charge in [-0.25, -0.2) is 4.99 Å². The third kappa shape index (κ3) is 8.30. The predicted molar refractivity (Wildman–Crippen MR) is 182 cm³/mol. The zero-order valence-corrected chi connectivity index (χ0v) is 32.4. The normalized spacial score (nSPS) is 16.2. The molecular formula is C37H44N4O6Zn. The molecule has 2 aliphatic rings. The van der Waals surface area contributed by atoms with Crippen LogP contribution in [0.1, 0.15) is 101 Å². The van der Waals surface area contributed by atoms with Crippen molar-refractivity contribution in [3.8, 4) is 0 Å². The van der Waals surface area contributed by atoms with Crippen molar-refractivity contribution in [2.24, 2.45) is 4.99 Å². The minimum Gasteiger partial charge on any atom is -0.657 e. The number of esters is 2. The van der Waals surface area contributed by atoms with E-state index in [9.17, 15) is 19.2 Å². The molecule has 0 aromatic carbocycles. The van der Waals surface area contributed by atoms with Crippen LogP contribution in [0.3, 0.4) is 0 Å². The average molecular weight is 706 g/mol. The fourth-order valence-electron chi connectivity index (χ4n) is 6.33. The van der Waals surface area contributed by atoms with Crippen molar-refractivity contribution >= 4 is 47.7 Å². The quantitative estimate of drug-likeness (QED) is 0.231. The van der Waals surface area contributed by atoms with Gasteiger partial charge in [-0.2, -0.15) is 0 Å². The fraction of sp³-hybridized carbons (Fsp3) is 0.432. The molecule has 48 heavy (non-hydrogen) atoms. The molecule has 250 valence electrons. The fourth-order valence-corrected chi connectivity index (χ4v) is 6.33. The van der Waals surface area contributed by atoms with Gasteiger partial charge in [0.25, 0.3) is 5.91 Å². The van der Waals surface area contributed by atoms with Crippen LogP contribution in [0.4, 0.5) is 0 Å². The Balaban J connectivity index is 0.00000625. The molecule has 0 radical (unpaired) electrons. The summed E-state index contributed by atoms with van der Waals surface area (Å²) in [5, 5.41) is 5.95. The van der Waals surface area contributed by atoms with E-state index in [1.165, 1.54) is 13.8 Å². The number of ether oxygens (including phenoxy) is 2. The molecule has 0 bridgehead atoms. The van der Waals surface area contributed by atoms with Gasteiger partial charge in [-0.3, -0.25) is 14.4 Å². The standard InChI is InChI=1S/C37H46N4O6.Zn/c1-9-24-20(5)30(17-34-26(11-3)28(36(44)40-34)13-15-46-22(7)42)38-32(24)19-33-25(10-2)21(6)31(39-33)18-35-27(12-4)29(37(45)41-35)14-16-47-23(8)43;/h17-19H,9-16H2,1-8H3,(H3,38,39,40,41,44,45);/q;+2/p-2. The van der Waals surface area contributed by atoms with Gasteiger partial charge in [-0.05, 0) is 61.8 Å². The Kier molecular flexibility index (Phi) is 13.4. The van der Waals surface area contributed by atoms with Crippen LogP contribution < -0.4 is 15.7 Å². The van der Waals surface area contributed by atoms with Gasteiger partial charge in [0.1, 0.15) is 0 Å². The number of nitrogens with zero attached hydrogens (tertiary/aromatic N) is 3. The van der Waals surface area contributed by atoms with Crippen molar-refractivity contribution in [1.29, 1.82) is 0 Å². The van der Waals surface area contributed by atoms with Crippen LogP contribution in [0.15, 0.2) is 33.0 Å². The van der Waals surface area contributed by atoms with Crippen molar-refractivity contribution in [3.05, 3.63) is 77.6 Å². The molecule has 2 aliphatic heterocycles. The van der Waals surface area contributed by atoms with E-state index in [2.05, 4.69) is 42.1 Å². The first-order chi connectivity index (χ1) is 22.4. The molecule has 2 amide bonds. The summed E-state index contributed by atoms with van der Waals surface area (Å²) in [6, 6.07) is 0. The second-order valence-electron chi connectivity index (χ2n) is 11.6. The van der Waals surface area contributed by atoms with Crippen molar-refractivity contribution in [2.45, 2.75) is 93.9 Å². The molecule has 4 rings (SSSR count). The van der Waals surface area contributed by atoms with Crippen LogP contribution in [0.2, 0.25) is 0 Å². The van der Waals surface area contributed by atoms with Crippen LogP contribution in [0.5, 0.6) is 0 Å². The summed E-state index contributed by atoms with van der Waals surface area (Å²) in [6.45, 7) is 15.3. The number of aromatic nitrogens is 2. The molecule has 1 N–H and O–H groups in total. The zero-order chi connectivity index (χ0) is 34.4. The Hall–Kier alpha value is -4.11. The van der Waals surface area contributed by atoms with Crippen LogP contribution in [0, 0.1) is 13.8 Å². The maximum Gasteiger partial charge on any atom is 2.00 e. The maximum absolute atomic E-state index is 12.8. The molecule has 0 saturated heterocycles. The maximum atomic E-state index is 12.8. The molecule has 0 aliphatic carbocycles. The molecule has 2 aromatic heterocycles. The number of H-pyrrole nitrogens is 1. The average Bonchev–Trinajstić information content (AvgIpc) is 3.69. The van der Waals surface area contributed by atoms with Crippen molar-refractivity contribution in [1.82, 2.24) is 9.97 Å². The first kappa shape index (κ1) is 38.3. The van der Waals surface area contributed by atoms with Crippen molar-refractivity contribution < 1.29 is 48.1 Å². The van der Waals surface area contributed by atoms with E-state index in [1.807, 2.05) is 32.9 Å². The minimum absolute atomic E-state index is 0. The number of aromatic amines is 1. The molecule has 0 spiro atoms. The van der Waals surface area contributed by atoms with Gasteiger partial charge >= 0.3 is 31.4 Å². The van der Waals surface area contributed by atoms with Crippen LogP contribution in [-0.2, 0) is 61.0 Å². The number of carbonyl (C=O) groups excluding carboxylic acids is 4. The smallest absolute Gasteiger partial charge is 0.657 e. The number of rotatable bonds is 13. The summed E-state index contributed by atoms with van der Waals surface area (Å²) < 4.78 is 10.1. The number of aliphatic imine (C=N–C) groups is 1. The summed E-state index contributed by atoms with van der Waals surface area (Å²) in [6.07, 6.45) is 9.35. The number of hydrogen-bond donors (Lipinski definition) is 1. The summed E-state index contributed by atoms with van der Waals surface area (Å²) in [4.78, 5) is 60.9. The van der Waals surface area contributed by atoms with Gasteiger partial charge in [0.15, 0.2) is 0 Å². The largest absolute Gasteiger partial charge is 2.00 e. The topological polar surface area (TPSA) is 143 Å². The number of nitrogens with one attached hydrogen (secondary N) is 1. The van der Waals surface area contributed by atoms with E-state index < -0.39 is 0 Å². The first-order valence-corrected chi connectivity index (χ1v) is 16.3. The van der Waals surface area contributed by atoms with E-state index in [4.69, 9.17) is 14.5 Å². The number of allylic oxidation sites excluding steroid dienone is 2. The summed E-state index contributed by atoms with van der Waals surface area (Å²) in [7, 11) is 0. The van der Waals surface area contributed by atoms with Gasteiger partial charge in [0.05, 0.1) is 24.8 Å². The molecule has 4 heterocycles. The SMILES string of the molecule is CCC1=C(CCOC(C)=O)C(=O)N=C1/C=c1/[n-]/c(=C\c2[nH]c(/C=C3\[N-]C(=O)C(CCOC(C)=O)=C3CC)c(C)c2CC)c(CC)c1C.[Zn+2]. The van der Waals surface area contributed by atoms with E-state index >= 15 is 0 Å².